The molecule has 0 unspecified atom stereocenters. The summed E-state index contributed by atoms with van der Waals surface area (Å²) in [5.74, 6) is -2.22. The molecular weight excluding hydrogens is 437 g/mol. The third-order valence-electron chi connectivity index (χ3n) is 2.55. The summed E-state index contributed by atoms with van der Waals surface area (Å²) in [5, 5.41) is 16.7. The molecule has 12 nitrogen and oxygen atoms in total. The van der Waals surface area contributed by atoms with Gasteiger partial charge in [0.1, 0.15) is 0 Å². The second-order valence-corrected chi connectivity index (χ2v) is 4.34. The van der Waals surface area contributed by atoms with Gasteiger partial charge < -0.3 is 42.6 Å². The fourth-order valence-corrected chi connectivity index (χ4v) is 1.41. The Bertz CT molecular complexity index is 527. The molecule has 0 aliphatic carbocycles. The van der Waals surface area contributed by atoms with Gasteiger partial charge in [-0.05, 0) is 24.9 Å². The minimum atomic E-state index is -1.11. The first-order valence-corrected chi connectivity index (χ1v) is 6.22. The molecule has 0 radical (unpaired) electrons. The van der Waals surface area contributed by atoms with E-state index in [0.717, 1.165) is 0 Å². The molecule has 13 heteroatoms. The van der Waals surface area contributed by atoms with E-state index < -0.39 is 24.0 Å². The minimum Gasteiger partial charge on any atom is -0.665 e. The van der Waals surface area contributed by atoms with Crippen molar-refractivity contribution in [2.24, 2.45) is 0 Å². The molecule has 2 atom stereocenters. The number of aromatic amines is 2. The van der Waals surface area contributed by atoms with Gasteiger partial charge in [-0.3, -0.25) is 9.59 Å². The summed E-state index contributed by atoms with van der Waals surface area (Å²) in [7, 11) is 0. The summed E-state index contributed by atoms with van der Waals surface area (Å²) in [5.41, 5.74) is 15.5. The van der Waals surface area contributed by atoms with Gasteiger partial charge in [0, 0.05) is 23.8 Å². The van der Waals surface area contributed by atoms with E-state index in [1.165, 1.54) is 25.0 Å². The average molecular weight is 457 g/mol. The molecule has 25 heavy (non-hydrogen) atoms. The van der Waals surface area contributed by atoms with Crippen LogP contribution in [0.3, 0.4) is 0 Å². The number of nitrogens with one attached hydrogen (secondary N) is 4. The Balaban J connectivity index is -0.000000346. The van der Waals surface area contributed by atoms with Crippen molar-refractivity contribution in [3.63, 3.8) is 0 Å². The molecule has 136 valence electrons. The Morgan fingerprint density at radius 2 is 1.24 bits per heavy atom. The Morgan fingerprint density at radius 1 is 0.920 bits per heavy atom. The predicted octanol–water partition coefficient (Wildman–Crippen LogP) is -0.737. The summed E-state index contributed by atoms with van der Waals surface area (Å²) < 4.78 is 0. The second kappa shape index (κ2) is 14.5. The quantitative estimate of drug-likeness (QED) is 0.407. The van der Waals surface area contributed by atoms with Gasteiger partial charge in [-0.2, -0.15) is 0 Å². The van der Waals surface area contributed by atoms with Gasteiger partial charge in [0.05, 0.1) is 12.7 Å². The molecule has 0 amide bonds. The number of rotatable bonds is 6. The van der Waals surface area contributed by atoms with Crippen LogP contribution < -0.4 is 0 Å². The van der Waals surface area contributed by atoms with Crippen LogP contribution >= 0.6 is 0 Å². The van der Waals surface area contributed by atoms with Crippen LogP contribution in [0.1, 0.15) is 11.4 Å². The predicted molar refractivity (Wildman–Crippen MR) is 83.3 cm³/mol. The van der Waals surface area contributed by atoms with Crippen molar-refractivity contribution in [3.05, 3.63) is 47.9 Å². The molecule has 2 aromatic rings. The molecule has 0 saturated heterocycles. The zero-order chi connectivity index (χ0) is 16.5. The van der Waals surface area contributed by atoms with E-state index in [2.05, 4.69) is 19.9 Å². The van der Waals surface area contributed by atoms with Gasteiger partial charge in [-0.15, -0.1) is 0 Å². The van der Waals surface area contributed by atoms with Crippen molar-refractivity contribution in [3.8, 4) is 0 Å². The smallest absolute Gasteiger partial charge is 0.665 e. The first kappa shape index (κ1) is 27.9. The number of imidazole rings is 2. The van der Waals surface area contributed by atoms with Crippen molar-refractivity contribution in [2.45, 2.75) is 24.9 Å². The van der Waals surface area contributed by atoms with Crippen LogP contribution in [0.15, 0.2) is 25.0 Å². The summed E-state index contributed by atoms with van der Waals surface area (Å²) in [6.45, 7) is 0. The summed E-state index contributed by atoms with van der Waals surface area (Å²) in [4.78, 5) is 33.3. The molecule has 2 rings (SSSR count). The zero-order valence-electron chi connectivity index (χ0n) is 13.2. The molecule has 10 N–H and O–H groups in total. The van der Waals surface area contributed by atoms with Crippen LogP contribution in [0.5, 0.6) is 0 Å². The summed E-state index contributed by atoms with van der Waals surface area (Å²) in [6.07, 6.45) is 6.31. The van der Waals surface area contributed by atoms with Crippen molar-refractivity contribution < 1.29 is 58.1 Å². The Hall–Kier alpha value is -1.88. The maximum Gasteiger partial charge on any atom is 2.00 e. The van der Waals surface area contributed by atoms with Crippen molar-refractivity contribution in [2.75, 3.05) is 0 Å². The molecule has 2 heterocycles. The number of aliphatic carboxylic acids is 2. The number of H-pyrrole nitrogens is 2. The van der Waals surface area contributed by atoms with Gasteiger partial charge in [-0.1, -0.05) is 0 Å². The maximum atomic E-state index is 10.2. The van der Waals surface area contributed by atoms with Gasteiger partial charge in [0.15, 0.2) is 0 Å². The first-order valence-electron chi connectivity index (χ1n) is 6.22. The van der Waals surface area contributed by atoms with Gasteiger partial charge in [0.25, 0.3) is 11.9 Å². The van der Waals surface area contributed by atoms with Gasteiger partial charge >= 0.3 is 27.3 Å². The van der Waals surface area contributed by atoms with E-state index in [0.29, 0.717) is 11.4 Å². The van der Waals surface area contributed by atoms with Crippen molar-refractivity contribution in [1.29, 1.82) is 0 Å². The van der Waals surface area contributed by atoms with E-state index in [-0.39, 0.29) is 51.1 Å². The van der Waals surface area contributed by atoms with Crippen LogP contribution in [0.4, 0.5) is 0 Å². The van der Waals surface area contributed by atoms with Crippen LogP contribution in [-0.2, 0) is 49.7 Å². The SMILES string of the molecule is O.O.[Cd+2].[NH-][C@@H](Cc1cnc[nH]1)C(=O)O.[NH-][C@@H](Cc1cnc[nH]1)C(=O)O. The number of hydrogen-bond acceptors (Lipinski definition) is 4. The topological polar surface area (TPSA) is 243 Å². The second-order valence-electron chi connectivity index (χ2n) is 4.34. The number of carboxylic acids is 2. The van der Waals surface area contributed by atoms with Crippen LogP contribution in [-0.4, -0.2) is 65.1 Å². The van der Waals surface area contributed by atoms with Crippen LogP contribution in [0.2, 0.25) is 0 Å². The Morgan fingerprint density at radius 3 is 1.44 bits per heavy atom. The number of nitrogens with zero attached hydrogens (tertiary/aromatic N) is 2. The number of aromatic nitrogens is 4. The third-order valence-corrected chi connectivity index (χ3v) is 2.55. The maximum absolute atomic E-state index is 10.2. The Kier molecular flexibility index (Phi) is 16.2. The average Bonchev–Trinajstić information content (AvgIpc) is 3.12. The van der Waals surface area contributed by atoms with E-state index in [1.807, 2.05) is 0 Å². The molecule has 0 aromatic carbocycles. The van der Waals surface area contributed by atoms with E-state index in [9.17, 15) is 9.59 Å². The molecule has 0 aliphatic rings. The van der Waals surface area contributed by atoms with E-state index >= 15 is 0 Å². The molecule has 0 bridgehead atoms. The Labute approximate surface area is 162 Å². The number of carboxylic acid groups (broad SMARTS) is 2. The number of hydrogen-bond donors (Lipinski definition) is 4. The first-order chi connectivity index (χ1) is 10.4. The van der Waals surface area contributed by atoms with E-state index in [1.54, 1.807) is 0 Å². The number of carbonyl (C=O) groups is 2. The molecule has 0 aliphatic heterocycles. The fraction of sp³-hybridized carbons (Fsp3) is 0.333. The minimum absolute atomic E-state index is 0. The molecule has 0 fully saturated rings. The molecule has 0 spiro atoms. The molecular formula is C12H20CdN6O6. The molecule has 0 saturated carbocycles. The van der Waals surface area contributed by atoms with Gasteiger partial charge in [0.2, 0.25) is 0 Å². The van der Waals surface area contributed by atoms with Gasteiger partial charge in [-0.25, -0.2) is 9.97 Å². The standard InChI is InChI=1S/2C6H8N3O2.Cd.2H2O/c2*7-5(6(10)11)1-4-2-8-3-9-4;;;/h2*2-3,5,7H,1H2,(H,8,9)(H,10,11);;2*1H2/q2*-1;+2;;/t2*5-;;;/m00.../s1. The summed E-state index contributed by atoms with van der Waals surface area (Å²) >= 11 is 0. The van der Waals surface area contributed by atoms with Crippen LogP contribution in [0, 0.1) is 0 Å². The summed E-state index contributed by atoms with van der Waals surface area (Å²) in [6, 6.07) is -2.20. The van der Waals surface area contributed by atoms with Crippen molar-refractivity contribution >= 4 is 11.9 Å². The largest absolute Gasteiger partial charge is 2.00 e. The van der Waals surface area contributed by atoms with Crippen LogP contribution in [0.25, 0.3) is 11.5 Å². The van der Waals surface area contributed by atoms with E-state index in [4.69, 9.17) is 21.7 Å². The normalized spacial score (nSPS) is 11.3. The molecule has 2 aromatic heterocycles. The zero-order valence-corrected chi connectivity index (χ0v) is 17.2. The monoisotopic (exact) mass is 458 g/mol. The fourth-order valence-electron chi connectivity index (χ4n) is 1.41. The van der Waals surface area contributed by atoms with Crippen molar-refractivity contribution in [1.82, 2.24) is 19.9 Å². The third kappa shape index (κ3) is 11.3.